The van der Waals surface area contributed by atoms with Crippen LogP contribution in [0.2, 0.25) is 5.02 Å². The van der Waals surface area contributed by atoms with E-state index >= 15 is 0 Å². The standard InChI is InChI=1S/C13H16ClN3O2/c1-4-13(2,18-3)12-16-11(19-17-12)9-6-5-8(15)7-10(9)14/h5-7H,4,15H2,1-3H3. The summed E-state index contributed by atoms with van der Waals surface area (Å²) in [6.45, 7) is 3.90. The Bertz CT molecular complexity index is 579. The lowest BCUT2D eigenvalue weighted by Crippen LogP contribution is -2.24. The van der Waals surface area contributed by atoms with Crippen LogP contribution in [-0.4, -0.2) is 17.3 Å². The first-order chi connectivity index (χ1) is 9.00. The van der Waals surface area contributed by atoms with Gasteiger partial charge in [0.2, 0.25) is 5.82 Å². The van der Waals surface area contributed by atoms with Gasteiger partial charge in [0.25, 0.3) is 5.89 Å². The van der Waals surface area contributed by atoms with E-state index in [1.54, 1.807) is 25.3 Å². The van der Waals surface area contributed by atoms with E-state index in [9.17, 15) is 0 Å². The van der Waals surface area contributed by atoms with Crippen molar-refractivity contribution in [3.63, 3.8) is 0 Å². The molecule has 6 heteroatoms. The van der Waals surface area contributed by atoms with Crippen LogP contribution in [0.1, 0.15) is 26.1 Å². The fourth-order valence-electron chi connectivity index (χ4n) is 1.65. The number of ether oxygens (including phenoxy) is 1. The third-order valence-corrected chi connectivity index (χ3v) is 3.56. The molecule has 5 nitrogen and oxygen atoms in total. The lowest BCUT2D eigenvalue weighted by Gasteiger charge is -2.21. The Morgan fingerprint density at radius 1 is 1.47 bits per heavy atom. The number of hydrogen-bond acceptors (Lipinski definition) is 5. The highest BCUT2D eigenvalue weighted by Crippen LogP contribution is 2.31. The normalized spacial score (nSPS) is 14.3. The van der Waals surface area contributed by atoms with Gasteiger partial charge in [-0.1, -0.05) is 23.7 Å². The molecular weight excluding hydrogens is 266 g/mol. The molecule has 0 amide bonds. The summed E-state index contributed by atoms with van der Waals surface area (Å²) >= 11 is 6.12. The number of aromatic nitrogens is 2. The molecule has 2 N–H and O–H groups in total. The number of nitrogen functional groups attached to an aromatic ring is 1. The maximum Gasteiger partial charge on any atom is 0.259 e. The predicted molar refractivity (Wildman–Crippen MR) is 73.8 cm³/mol. The fraction of sp³-hybridized carbons (Fsp3) is 0.385. The molecule has 1 aromatic heterocycles. The molecule has 1 unspecified atom stereocenters. The largest absolute Gasteiger partial charge is 0.399 e. The summed E-state index contributed by atoms with van der Waals surface area (Å²) in [6, 6.07) is 5.14. The van der Waals surface area contributed by atoms with Crippen molar-refractivity contribution in [1.82, 2.24) is 10.1 Å². The molecule has 0 aliphatic carbocycles. The van der Waals surface area contributed by atoms with E-state index in [2.05, 4.69) is 10.1 Å². The van der Waals surface area contributed by atoms with Crippen LogP contribution < -0.4 is 5.73 Å². The minimum atomic E-state index is -0.567. The van der Waals surface area contributed by atoms with Gasteiger partial charge in [0.05, 0.1) is 10.6 Å². The van der Waals surface area contributed by atoms with Crippen molar-refractivity contribution in [3.8, 4) is 11.5 Å². The van der Waals surface area contributed by atoms with Gasteiger partial charge in [-0.3, -0.25) is 0 Å². The summed E-state index contributed by atoms with van der Waals surface area (Å²) in [4.78, 5) is 4.36. The first kappa shape index (κ1) is 13.8. The SMILES string of the molecule is CCC(C)(OC)c1noc(-c2ccc(N)cc2Cl)n1. The Morgan fingerprint density at radius 2 is 2.21 bits per heavy atom. The average Bonchev–Trinajstić information content (AvgIpc) is 2.88. The van der Waals surface area contributed by atoms with E-state index in [0.29, 0.717) is 28.0 Å². The number of nitrogens with two attached hydrogens (primary N) is 1. The zero-order valence-corrected chi connectivity index (χ0v) is 11.9. The van der Waals surface area contributed by atoms with Crippen molar-refractivity contribution in [3.05, 3.63) is 29.0 Å². The van der Waals surface area contributed by atoms with Crippen LogP contribution >= 0.6 is 11.6 Å². The van der Waals surface area contributed by atoms with Crippen LogP contribution in [0.3, 0.4) is 0 Å². The first-order valence-corrected chi connectivity index (χ1v) is 6.32. The van der Waals surface area contributed by atoms with Gasteiger partial charge >= 0.3 is 0 Å². The molecule has 0 aliphatic rings. The predicted octanol–water partition coefficient (Wildman–Crippen LogP) is 3.24. The van der Waals surface area contributed by atoms with Crippen LogP contribution in [0.4, 0.5) is 5.69 Å². The van der Waals surface area contributed by atoms with Crippen molar-refractivity contribution >= 4 is 17.3 Å². The Balaban J connectivity index is 2.41. The van der Waals surface area contributed by atoms with Crippen molar-refractivity contribution in [1.29, 1.82) is 0 Å². The summed E-state index contributed by atoms with van der Waals surface area (Å²) in [5.74, 6) is 0.858. The van der Waals surface area contributed by atoms with Gasteiger partial charge in [0.15, 0.2) is 0 Å². The minimum absolute atomic E-state index is 0.358. The summed E-state index contributed by atoms with van der Waals surface area (Å²) in [5.41, 5.74) is 6.33. The zero-order valence-electron chi connectivity index (χ0n) is 11.1. The van der Waals surface area contributed by atoms with Gasteiger partial charge in [0, 0.05) is 12.8 Å². The van der Waals surface area contributed by atoms with E-state index in [4.69, 9.17) is 26.6 Å². The smallest absolute Gasteiger partial charge is 0.259 e. The molecule has 19 heavy (non-hydrogen) atoms. The number of benzene rings is 1. The Labute approximate surface area is 116 Å². The van der Waals surface area contributed by atoms with Gasteiger partial charge in [-0.05, 0) is 31.5 Å². The van der Waals surface area contributed by atoms with E-state index in [1.807, 2.05) is 13.8 Å². The lowest BCUT2D eigenvalue weighted by atomic mass is 10.0. The molecule has 0 aliphatic heterocycles. The lowest BCUT2D eigenvalue weighted by molar-refractivity contribution is -0.0106. The molecule has 0 saturated heterocycles. The Kier molecular flexibility index (Phi) is 3.78. The molecule has 2 aromatic rings. The Morgan fingerprint density at radius 3 is 2.79 bits per heavy atom. The maximum absolute atomic E-state index is 6.12. The molecule has 1 heterocycles. The van der Waals surface area contributed by atoms with Gasteiger partial charge in [0.1, 0.15) is 5.60 Å². The molecular formula is C13H16ClN3O2. The van der Waals surface area contributed by atoms with E-state index < -0.39 is 5.60 Å². The topological polar surface area (TPSA) is 74.2 Å². The van der Waals surface area contributed by atoms with Crippen molar-refractivity contribution in [2.45, 2.75) is 25.9 Å². The average molecular weight is 282 g/mol. The maximum atomic E-state index is 6.12. The van der Waals surface area contributed by atoms with Crippen molar-refractivity contribution in [2.24, 2.45) is 0 Å². The third-order valence-electron chi connectivity index (χ3n) is 3.25. The van der Waals surface area contributed by atoms with Crippen LogP contribution in [-0.2, 0) is 10.3 Å². The highest BCUT2D eigenvalue weighted by atomic mass is 35.5. The second-order valence-corrected chi connectivity index (χ2v) is 4.86. The van der Waals surface area contributed by atoms with Gasteiger partial charge in [-0.15, -0.1) is 0 Å². The molecule has 0 fully saturated rings. The second kappa shape index (κ2) is 5.19. The number of hydrogen-bond donors (Lipinski definition) is 1. The quantitative estimate of drug-likeness (QED) is 0.871. The van der Waals surface area contributed by atoms with Crippen LogP contribution in [0.15, 0.2) is 22.7 Å². The molecule has 0 saturated carbocycles. The van der Waals surface area contributed by atoms with Crippen molar-refractivity contribution in [2.75, 3.05) is 12.8 Å². The first-order valence-electron chi connectivity index (χ1n) is 5.95. The van der Waals surface area contributed by atoms with E-state index in [0.717, 1.165) is 6.42 Å². The summed E-state index contributed by atoms with van der Waals surface area (Å²) in [6.07, 6.45) is 0.734. The molecule has 102 valence electrons. The molecule has 1 aromatic carbocycles. The molecule has 0 spiro atoms. The zero-order chi connectivity index (χ0) is 14.0. The van der Waals surface area contributed by atoms with Crippen LogP contribution in [0.25, 0.3) is 11.5 Å². The van der Waals surface area contributed by atoms with Crippen molar-refractivity contribution < 1.29 is 9.26 Å². The number of methoxy groups -OCH3 is 1. The molecule has 2 rings (SSSR count). The molecule has 0 bridgehead atoms. The molecule has 0 radical (unpaired) electrons. The second-order valence-electron chi connectivity index (χ2n) is 4.45. The monoisotopic (exact) mass is 281 g/mol. The van der Waals surface area contributed by atoms with E-state index in [1.165, 1.54) is 0 Å². The number of nitrogens with zero attached hydrogens (tertiary/aromatic N) is 2. The van der Waals surface area contributed by atoms with Gasteiger partial charge < -0.3 is 15.0 Å². The van der Waals surface area contributed by atoms with E-state index in [-0.39, 0.29) is 0 Å². The number of rotatable bonds is 4. The number of anilines is 1. The highest BCUT2D eigenvalue weighted by molar-refractivity contribution is 6.33. The van der Waals surface area contributed by atoms with Crippen LogP contribution in [0.5, 0.6) is 0 Å². The Hall–Kier alpha value is -1.59. The molecule has 1 atom stereocenters. The van der Waals surface area contributed by atoms with Gasteiger partial charge in [-0.25, -0.2) is 0 Å². The summed E-state index contributed by atoms with van der Waals surface area (Å²) in [7, 11) is 1.62. The van der Waals surface area contributed by atoms with Crippen LogP contribution in [0, 0.1) is 0 Å². The summed E-state index contributed by atoms with van der Waals surface area (Å²) in [5, 5.41) is 4.45. The number of halogens is 1. The minimum Gasteiger partial charge on any atom is -0.399 e. The fourth-order valence-corrected chi connectivity index (χ4v) is 1.92. The van der Waals surface area contributed by atoms with Gasteiger partial charge in [-0.2, -0.15) is 4.98 Å². The third kappa shape index (κ3) is 2.57. The highest BCUT2D eigenvalue weighted by Gasteiger charge is 2.30. The summed E-state index contributed by atoms with van der Waals surface area (Å²) < 4.78 is 10.7.